The number of hydrogen-bond acceptors (Lipinski definition) is 5. The summed E-state index contributed by atoms with van der Waals surface area (Å²) >= 11 is 0. The molecule has 30 heavy (non-hydrogen) atoms. The fourth-order valence-electron chi connectivity index (χ4n) is 3.34. The Bertz CT molecular complexity index is 1070. The number of rotatable bonds is 5. The number of aromatic hydroxyl groups is 1. The lowest BCUT2D eigenvalue weighted by atomic mass is 10.1. The van der Waals surface area contributed by atoms with Gasteiger partial charge in [0, 0.05) is 30.8 Å². The smallest absolute Gasteiger partial charge is 0.320 e. The minimum Gasteiger partial charge on any atom is -0.507 e. The Kier molecular flexibility index (Phi) is 5.74. The summed E-state index contributed by atoms with van der Waals surface area (Å²) < 4.78 is 13.5. The summed E-state index contributed by atoms with van der Waals surface area (Å²) in [6.07, 6.45) is 2.76. The van der Waals surface area contributed by atoms with Gasteiger partial charge < -0.3 is 15.7 Å². The van der Waals surface area contributed by atoms with Crippen LogP contribution in [0.4, 0.5) is 20.8 Å². The van der Waals surface area contributed by atoms with E-state index in [0.29, 0.717) is 24.5 Å². The van der Waals surface area contributed by atoms with E-state index in [9.17, 15) is 14.3 Å². The molecule has 0 bridgehead atoms. The quantitative estimate of drug-likeness (QED) is 0.517. The van der Waals surface area contributed by atoms with Crippen molar-refractivity contribution in [2.24, 2.45) is 0 Å². The van der Waals surface area contributed by atoms with Crippen LogP contribution in [0.3, 0.4) is 0 Å². The van der Waals surface area contributed by atoms with Crippen molar-refractivity contribution in [1.29, 1.82) is 0 Å². The van der Waals surface area contributed by atoms with E-state index < -0.39 is 11.8 Å². The van der Waals surface area contributed by atoms with Crippen molar-refractivity contribution < 1.29 is 14.3 Å². The second-order valence-electron chi connectivity index (χ2n) is 7.04. The van der Waals surface area contributed by atoms with E-state index in [-0.39, 0.29) is 11.3 Å². The predicted octanol–water partition coefficient (Wildman–Crippen LogP) is 3.71. The first-order valence-corrected chi connectivity index (χ1v) is 9.82. The number of phenolic OH excluding ortho intramolecular Hbond substituents is 1. The van der Waals surface area contributed by atoms with Gasteiger partial charge in [-0.2, -0.15) is 0 Å². The van der Waals surface area contributed by atoms with Crippen LogP contribution in [0.5, 0.6) is 5.75 Å². The zero-order chi connectivity index (χ0) is 20.9. The largest absolute Gasteiger partial charge is 0.507 e. The first-order chi connectivity index (χ1) is 14.6. The molecule has 3 aromatic rings. The van der Waals surface area contributed by atoms with Gasteiger partial charge in [0.2, 0.25) is 0 Å². The third-order valence-corrected chi connectivity index (χ3v) is 4.84. The number of nitrogens with one attached hydrogen (secondary N) is 3. The Balaban J connectivity index is 1.34. The van der Waals surface area contributed by atoms with Crippen LogP contribution in [0, 0.1) is 5.82 Å². The van der Waals surface area contributed by atoms with Crippen molar-refractivity contribution in [3.05, 3.63) is 65.6 Å². The number of pyridine rings is 2. The van der Waals surface area contributed by atoms with Gasteiger partial charge in [0.15, 0.2) is 0 Å². The van der Waals surface area contributed by atoms with Crippen LogP contribution in [0.15, 0.2) is 48.5 Å². The van der Waals surface area contributed by atoms with Crippen LogP contribution in [-0.2, 0) is 12.8 Å². The number of carbonyl (C=O) groups excluding carboxylic acids is 1. The maximum Gasteiger partial charge on any atom is 0.320 e. The molecule has 154 valence electrons. The molecule has 4 rings (SSSR count). The third kappa shape index (κ3) is 4.65. The van der Waals surface area contributed by atoms with Gasteiger partial charge in [0.1, 0.15) is 23.2 Å². The van der Waals surface area contributed by atoms with Crippen LogP contribution in [0.2, 0.25) is 0 Å². The molecule has 1 aromatic carbocycles. The molecule has 0 radical (unpaired) electrons. The summed E-state index contributed by atoms with van der Waals surface area (Å²) in [6.45, 7) is 1.35. The van der Waals surface area contributed by atoms with E-state index in [4.69, 9.17) is 0 Å². The number of halogens is 1. The number of amides is 2. The zero-order valence-corrected chi connectivity index (χ0v) is 16.3. The van der Waals surface area contributed by atoms with Crippen LogP contribution >= 0.6 is 0 Å². The van der Waals surface area contributed by atoms with Gasteiger partial charge in [-0.05, 0) is 54.8 Å². The Labute approximate surface area is 173 Å². The minimum absolute atomic E-state index is 0.0856. The average molecular weight is 407 g/mol. The minimum atomic E-state index is -0.480. The number of phenols is 1. The molecule has 0 unspecified atom stereocenters. The van der Waals surface area contributed by atoms with Gasteiger partial charge in [-0.3, -0.25) is 5.32 Å². The fourth-order valence-corrected chi connectivity index (χ4v) is 3.34. The highest BCUT2D eigenvalue weighted by Gasteiger charge is 2.11. The van der Waals surface area contributed by atoms with Crippen LogP contribution < -0.4 is 16.0 Å². The summed E-state index contributed by atoms with van der Waals surface area (Å²) in [6, 6.07) is 12.2. The molecule has 0 spiro atoms. The first kappa shape index (κ1) is 19.6. The second kappa shape index (κ2) is 8.77. The third-order valence-electron chi connectivity index (χ3n) is 4.84. The molecule has 1 aliphatic rings. The highest BCUT2D eigenvalue weighted by molar-refractivity contribution is 5.88. The van der Waals surface area contributed by atoms with E-state index in [1.165, 1.54) is 23.8 Å². The number of aryl methyl sites for hydroxylation is 1. The summed E-state index contributed by atoms with van der Waals surface area (Å²) in [5.41, 5.74) is 2.75. The van der Waals surface area contributed by atoms with Crippen molar-refractivity contribution in [3.8, 4) is 17.0 Å². The summed E-state index contributed by atoms with van der Waals surface area (Å²) in [5, 5.41) is 18.7. The standard InChI is InChI=1S/C22H22FN5O2/c23-15-7-9-19(29)17(13-15)18-4-1-5-20(27-18)28-22(30)25-12-10-16-8-6-14-3-2-11-24-21(14)26-16/h1,4-9,13,29H,2-3,10-12H2,(H,24,26)(H2,25,27,28,30). The summed E-state index contributed by atoms with van der Waals surface area (Å²) in [7, 11) is 0. The molecule has 8 heteroatoms. The Hall–Kier alpha value is -3.68. The number of benzene rings is 1. The maximum absolute atomic E-state index is 13.5. The van der Waals surface area contributed by atoms with E-state index >= 15 is 0 Å². The molecule has 2 aromatic heterocycles. The molecule has 1 aliphatic heterocycles. The monoisotopic (exact) mass is 407 g/mol. The van der Waals surface area contributed by atoms with E-state index in [1.54, 1.807) is 18.2 Å². The average Bonchev–Trinajstić information content (AvgIpc) is 2.75. The van der Waals surface area contributed by atoms with Crippen molar-refractivity contribution in [2.75, 3.05) is 23.7 Å². The molecule has 2 amide bonds. The van der Waals surface area contributed by atoms with Crippen LogP contribution in [0.25, 0.3) is 11.3 Å². The van der Waals surface area contributed by atoms with Gasteiger partial charge in [-0.15, -0.1) is 0 Å². The van der Waals surface area contributed by atoms with Crippen molar-refractivity contribution in [1.82, 2.24) is 15.3 Å². The number of nitrogens with zero attached hydrogens (tertiary/aromatic N) is 2. The summed E-state index contributed by atoms with van der Waals surface area (Å²) in [4.78, 5) is 21.1. The molecule has 3 heterocycles. The molecule has 0 fully saturated rings. The molecule has 0 atom stereocenters. The molecular formula is C22H22FN5O2. The number of hydrogen-bond donors (Lipinski definition) is 4. The number of fused-ring (bicyclic) bond motifs is 1. The fraction of sp³-hybridized carbons (Fsp3) is 0.227. The number of urea groups is 1. The second-order valence-corrected chi connectivity index (χ2v) is 7.04. The topological polar surface area (TPSA) is 99.2 Å². The highest BCUT2D eigenvalue weighted by Crippen LogP contribution is 2.29. The predicted molar refractivity (Wildman–Crippen MR) is 113 cm³/mol. The molecule has 4 N–H and O–H groups in total. The van der Waals surface area contributed by atoms with Crippen molar-refractivity contribution in [3.63, 3.8) is 0 Å². The Morgan fingerprint density at radius 3 is 2.97 bits per heavy atom. The highest BCUT2D eigenvalue weighted by atomic mass is 19.1. The van der Waals surface area contributed by atoms with Crippen LogP contribution in [-0.4, -0.2) is 34.2 Å². The van der Waals surface area contributed by atoms with E-state index in [1.807, 2.05) is 6.07 Å². The SMILES string of the molecule is O=C(NCCc1ccc2c(n1)NCCC2)Nc1cccc(-c2cc(F)ccc2O)n1. The normalized spacial score (nSPS) is 12.6. The lowest BCUT2D eigenvalue weighted by molar-refractivity contribution is 0.252. The molecular weight excluding hydrogens is 385 g/mol. The van der Waals surface area contributed by atoms with Crippen LogP contribution in [0.1, 0.15) is 17.7 Å². The van der Waals surface area contributed by atoms with Crippen molar-refractivity contribution in [2.45, 2.75) is 19.3 Å². The lowest BCUT2D eigenvalue weighted by Crippen LogP contribution is -2.31. The van der Waals surface area contributed by atoms with Gasteiger partial charge in [0.25, 0.3) is 0 Å². The summed E-state index contributed by atoms with van der Waals surface area (Å²) in [5.74, 6) is 0.666. The lowest BCUT2D eigenvalue weighted by Gasteiger charge is -2.17. The molecule has 7 nitrogen and oxygen atoms in total. The first-order valence-electron chi connectivity index (χ1n) is 9.82. The van der Waals surface area contributed by atoms with Crippen molar-refractivity contribution >= 4 is 17.7 Å². The van der Waals surface area contributed by atoms with Gasteiger partial charge >= 0.3 is 6.03 Å². The Morgan fingerprint density at radius 1 is 1.17 bits per heavy atom. The maximum atomic E-state index is 13.5. The van der Waals surface area contributed by atoms with Gasteiger partial charge in [0.05, 0.1) is 5.69 Å². The molecule has 0 saturated heterocycles. The Morgan fingerprint density at radius 2 is 2.07 bits per heavy atom. The van der Waals surface area contributed by atoms with Gasteiger partial charge in [-0.25, -0.2) is 19.2 Å². The van der Waals surface area contributed by atoms with E-state index in [0.717, 1.165) is 30.9 Å². The van der Waals surface area contributed by atoms with E-state index in [2.05, 4.69) is 32.0 Å². The number of anilines is 2. The van der Waals surface area contributed by atoms with Gasteiger partial charge in [-0.1, -0.05) is 12.1 Å². The zero-order valence-electron chi connectivity index (χ0n) is 16.3. The molecule has 0 saturated carbocycles. The number of aromatic nitrogens is 2. The molecule has 0 aliphatic carbocycles. The number of carbonyl (C=O) groups is 1.